The van der Waals surface area contributed by atoms with Gasteiger partial charge in [-0.1, -0.05) is 13.8 Å². The quantitative estimate of drug-likeness (QED) is 0.538. The molecule has 0 aliphatic rings. The van der Waals surface area contributed by atoms with Crippen LogP contribution in [0.4, 0.5) is 0 Å². The zero-order chi connectivity index (χ0) is 12.0. The van der Waals surface area contributed by atoms with Crippen LogP contribution in [0.1, 0.15) is 25.5 Å². The molecule has 0 bridgehead atoms. The second-order valence-corrected chi connectivity index (χ2v) is 4.85. The Morgan fingerprint density at radius 3 is 2.94 bits per heavy atom. The molecule has 0 radical (unpaired) electrons. The zero-order valence-electron chi connectivity index (χ0n) is 9.68. The number of nitrogens with zero attached hydrogens (tertiary/aromatic N) is 1. The molecule has 1 rings (SSSR count). The van der Waals surface area contributed by atoms with Crippen LogP contribution in [0.25, 0.3) is 0 Å². The van der Waals surface area contributed by atoms with E-state index in [4.69, 9.17) is 5.73 Å². The Labute approximate surface area is 100 Å². The Morgan fingerprint density at radius 1 is 1.62 bits per heavy atom. The molecule has 1 heterocycles. The Kier molecular flexibility index (Phi) is 5.28. The lowest BCUT2D eigenvalue weighted by Gasteiger charge is -2.11. The summed E-state index contributed by atoms with van der Waals surface area (Å²) in [6.45, 7) is 5.26. The summed E-state index contributed by atoms with van der Waals surface area (Å²) in [6.07, 6.45) is -0.529. The number of aliphatic imine (C=N–C) groups is 1. The Balaban J connectivity index is 2.31. The predicted octanol–water partition coefficient (Wildman–Crippen LogP) is 1.34. The van der Waals surface area contributed by atoms with Crippen molar-refractivity contribution in [3.63, 3.8) is 0 Å². The summed E-state index contributed by atoms with van der Waals surface area (Å²) in [7, 11) is 0. The van der Waals surface area contributed by atoms with Gasteiger partial charge in [-0.3, -0.25) is 4.99 Å². The van der Waals surface area contributed by atoms with E-state index in [1.54, 1.807) is 11.3 Å². The summed E-state index contributed by atoms with van der Waals surface area (Å²) < 4.78 is 0. The van der Waals surface area contributed by atoms with E-state index in [-0.39, 0.29) is 0 Å². The molecule has 16 heavy (non-hydrogen) atoms. The maximum absolute atomic E-state index is 9.77. The van der Waals surface area contributed by atoms with Gasteiger partial charge in [-0.05, 0) is 28.3 Å². The van der Waals surface area contributed by atoms with Crippen molar-refractivity contribution >= 4 is 17.3 Å². The number of aliphatic hydroxyl groups excluding tert-OH is 1. The van der Waals surface area contributed by atoms with E-state index in [9.17, 15) is 5.11 Å². The van der Waals surface area contributed by atoms with E-state index in [0.29, 0.717) is 25.0 Å². The molecule has 0 saturated carbocycles. The first-order chi connectivity index (χ1) is 7.59. The minimum atomic E-state index is -0.529. The van der Waals surface area contributed by atoms with Crippen molar-refractivity contribution in [1.82, 2.24) is 5.32 Å². The van der Waals surface area contributed by atoms with Crippen molar-refractivity contribution in [2.45, 2.75) is 20.0 Å². The van der Waals surface area contributed by atoms with Crippen LogP contribution in [-0.2, 0) is 0 Å². The number of hydrogen-bond donors (Lipinski definition) is 3. The first kappa shape index (κ1) is 13.0. The van der Waals surface area contributed by atoms with E-state index >= 15 is 0 Å². The molecular weight excluding hydrogens is 222 g/mol. The first-order valence-electron chi connectivity index (χ1n) is 5.33. The second kappa shape index (κ2) is 6.50. The van der Waals surface area contributed by atoms with Crippen LogP contribution in [0.5, 0.6) is 0 Å². The third kappa shape index (κ3) is 4.63. The topological polar surface area (TPSA) is 70.6 Å². The van der Waals surface area contributed by atoms with Gasteiger partial charge >= 0.3 is 0 Å². The fourth-order valence-corrected chi connectivity index (χ4v) is 1.83. The van der Waals surface area contributed by atoms with Crippen LogP contribution >= 0.6 is 11.3 Å². The van der Waals surface area contributed by atoms with E-state index in [1.165, 1.54) is 0 Å². The fourth-order valence-electron chi connectivity index (χ4n) is 1.12. The van der Waals surface area contributed by atoms with E-state index < -0.39 is 6.10 Å². The molecule has 1 aromatic rings. The number of hydrogen-bond acceptors (Lipinski definition) is 3. The van der Waals surface area contributed by atoms with Gasteiger partial charge in [-0.25, -0.2) is 0 Å². The van der Waals surface area contributed by atoms with Crippen LogP contribution in [0.3, 0.4) is 0 Å². The number of nitrogens with one attached hydrogen (secondary N) is 1. The van der Waals surface area contributed by atoms with E-state index in [1.807, 2.05) is 16.8 Å². The van der Waals surface area contributed by atoms with Gasteiger partial charge in [-0.15, -0.1) is 0 Å². The third-order valence-corrected chi connectivity index (χ3v) is 2.73. The zero-order valence-corrected chi connectivity index (χ0v) is 10.5. The Morgan fingerprint density at radius 2 is 2.38 bits per heavy atom. The fraction of sp³-hybridized carbons (Fsp3) is 0.545. The minimum absolute atomic E-state index is 0.392. The Hall–Kier alpha value is -1.07. The molecule has 1 aromatic heterocycles. The van der Waals surface area contributed by atoms with Crippen LogP contribution in [0.15, 0.2) is 21.8 Å². The van der Waals surface area contributed by atoms with Gasteiger partial charge in [0.1, 0.15) is 0 Å². The number of nitrogens with two attached hydrogens (primary N) is 1. The highest BCUT2D eigenvalue weighted by atomic mass is 32.1. The number of aliphatic hydroxyl groups is 1. The number of rotatable bonds is 5. The summed E-state index contributed by atoms with van der Waals surface area (Å²) in [5.41, 5.74) is 6.57. The normalized spacial score (nSPS) is 14.1. The molecule has 0 amide bonds. The van der Waals surface area contributed by atoms with Crippen molar-refractivity contribution in [3.8, 4) is 0 Å². The average Bonchev–Trinajstić information content (AvgIpc) is 2.76. The maximum atomic E-state index is 9.77. The molecular formula is C11H19N3OS. The summed E-state index contributed by atoms with van der Waals surface area (Å²) in [5, 5.41) is 16.5. The van der Waals surface area contributed by atoms with Crippen molar-refractivity contribution in [1.29, 1.82) is 0 Å². The second-order valence-electron chi connectivity index (χ2n) is 4.07. The molecule has 0 spiro atoms. The standard InChI is InChI=1S/C11H19N3OS/c1-8(2)5-13-11(12)14-6-10(15)9-3-4-16-7-9/h3-4,7-8,10,15H,5-6H2,1-2H3,(H3,12,13,14). The molecule has 4 nitrogen and oxygen atoms in total. The lowest BCUT2D eigenvalue weighted by atomic mass is 10.2. The average molecular weight is 241 g/mol. The molecule has 4 N–H and O–H groups in total. The molecule has 0 aliphatic carbocycles. The van der Waals surface area contributed by atoms with Crippen LogP contribution < -0.4 is 11.1 Å². The molecule has 5 heteroatoms. The largest absolute Gasteiger partial charge is 0.387 e. The minimum Gasteiger partial charge on any atom is -0.387 e. The third-order valence-electron chi connectivity index (χ3n) is 2.03. The molecule has 0 fully saturated rings. The maximum Gasteiger partial charge on any atom is 0.188 e. The molecule has 0 aromatic carbocycles. The number of thiophene rings is 1. The smallest absolute Gasteiger partial charge is 0.188 e. The highest BCUT2D eigenvalue weighted by Gasteiger charge is 2.07. The summed E-state index contributed by atoms with van der Waals surface area (Å²) in [5.74, 6) is 0.880. The van der Waals surface area contributed by atoms with Crippen LogP contribution in [-0.4, -0.2) is 24.2 Å². The van der Waals surface area contributed by atoms with Gasteiger partial charge in [0.2, 0.25) is 0 Å². The van der Waals surface area contributed by atoms with Gasteiger partial charge in [0.25, 0.3) is 0 Å². The van der Waals surface area contributed by atoms with Crippen molar-refractivity contribution in [2.75, 3.05) is 13.1 Å². The molecule has 0 aliphatic heterocycles. The van der Waals surface area contributed by atoms with Gasteiger partial charge in [0.15, 0.2) is 5.96 Å². The van der Waals surface area contributed by atoms with Crippen molar-refractivity contribution in [2.24, 2.45) is 16.6 Å². The predicted molar refractivity (Wildman–Crippen MR) is 68.6 cm³/mol. The van der Waals surface area contributed by atoms with Gasteiger partial charge in [0.05, 0.1) is 6.10 Å². The van der Waals surface area contributed by atoms with Gasteiger partial charge in [0, 0.05) is 13.1 Å². The van der Waals surface area contributed by atoms with Crippen LogP contribution in [0, 0.1) is 5.92 Å². The number of guanidine groups is 1. The summed E-state index contributed by atoms with van der Waals surface area (Å²) in [4.78, 5) is 4.15. The molecule has 1 atom stereocenters. The molecule has 1 unspecified atom stereocenters. The van der Waals surface area contributed by atoms with E-state index in [2.05, 4.69) is 24.2 Å². The highest BCUT2D eigenvalue weighted by Crippen LogP contribution is 2.14. The van der Waals surface area contributed by atoms with Gasteiger partial charge in [-0.2, -0.15) is 11.3 Å². The summed E-state index contributed by atoms with van der Waals surface area (Å²) >= 11 is 1.57. The van der Waals surface area contributed by atoms with Crippen molar-refractivity contribution in [3.05, 3.63) is 22.4 Å². The molecule has 90 valence electrons. The van der Waals surface area contributed by atoms with E-state index in [0.717, 1.165) is 5.56 Å². The van der Waals surface area contributed by atoms with Crippen LogP contribution in [0.2, 0.25) is 0 Å². The lowest BCUT2D eigenvalue weighted by molar-refractivity contribution is 0.181. The van der Waals surface area contributed by atoms with Crippen molar-refractivity contribution < 1.29 is 5.11 Å². The SMILES string of the molecule is CC(C)CN=C(N)NCC(O)c1ccsc1. The summed E-state index contributed by atoms with van der Waals surface area (Å²) in [6, 6.07) is 1.90. The van der Waals surface area contributed by atoms with Gasteiger partial charge < -0.3 is 16.2 Å². The Bertz CT molecular complexity index is 322. The lowest BCUT2D eigenvalue weighted by Crippen LogP contribution is -2.35. The molecule has 0 saturated heterocycles. The monoisotopic (exact) mass is 241 g/mol. The highest BCUT2D eigenvalue weighted by molar-refractivity contribution is 7.07. The first-order valence-corrected chi connectivity index (χ1v) is 6.28.